The lowest BCUT2D eigenvalue weighted by molar-refractivity contribution is -0.231. The molecule has 31 heavy (non-hydrogen) atoms. The van der Waals surface area contributed by atoms with E-state index >= 15 is 0 Å². The zero-order chi connectivity index (χ0) is 21.4. The van der Waals surface area contributed by atoms with Crippen LogP contribution in [0.25, 0.3) is 22.5 Å². The number of nitrogens with one attached hydrogen (secondary N) is 2. The number of rotatable bonds is 5. The predicted molar refractivity (Wildman–Crippen MR) is 111 cm³/mol. The molecule has 2 N–H and O–H groups in total. The topological polar surface area (TPSA) is 89.1 Å². The van der Waals surface area contributed by atoms with E-state index < -0.39 is 11.7 Å². The lowest BCUT2D eigenvalue weighted by atomic mass is 9.91. The quantitative estimate of drug-likeness (QED) is 0.656. The van der Waals surface area contributed by atoms with E-state index in [1.54, 1.807) is 24.5 Å². The van der Waals surface area contributed by atoms with Gasteiger partial charge in [-0.15, -0.1) is 0 Å². The fraction of sp³-hybridized carbons (Fsp3) is 0.348. The molecule has 8 heteroatoms. The fourth-order valence-corrected chi connectivity index (χ4v) is 3.53. The fourth-order valence-electron chi connectivity index (χ4n) is 3.53. The molecule has 2 fully saturated rings. The molecule has 1 saturated carbocycles. The van der Waals surface area contributed by atoms with Crippen LogP contribution in [0.3, 0.4) is 0 Å². The first kappa shape index (κ1) is 19.8. The summed E-state index contributed by atoms with van der Waals surface area (Å²) in [5.41, 5.74) is 2.33. The average Bonchev–Trinajstić information content (AvgIpc) is 3.50. The molecule has 2 aliphatic rings. The molecule has 0 unspecified atom stereocenters. The molecule has 3 heterocycles. The molecule has 0 bridgehead atoms. The van der Waals surface area contributed by atoms with Gasteiger partial charge in [-0.05, 0) is 56.2 Å². The number of ether oxygens (including phenoxy) is 2. The SMILES string of the molecule is CC1(C(=O)NC2CC2)COC(c2nc(-c3ccc(F)cc3)c(-c3ccncc3)[nH]2)OC1. The molecule has 1 saturated heterocycles. The van der Waals surface area contributed by atoms with Gasteiger partial charge in [-0.3, -0.25) is 9.78 Å². The number of amides is 1. The Hall–Kier alpha value is -3.10. The van der Waals surface area contributed by atoms with Gasteiger partial charge in [0.15, 0.2) is 5.82 Å². The highest BCUT2D eigenvalue weighted by atomic mass is 19.1. The molecule has 0 spiro atoms. The van der Waals surface area contributed by atoms with Gasteiger partial charge in [-0.1, -0.05) is 0 Å². The van der Waals surface area contributed by atoms with Crippen molar-refractivity contribution < 1.29 is 18.7 Å². The monoisotopic (exact) mass is 422 g/mol. The Labute approximate surface area is 179 Å². The molecule has 3 aromatic rings. The van der Waals surface area contributed by atoms with E-state index in [2.05, 4.69) is 15.3 Å². The molecule has 160 valence electrons. The normalized spacial score (nSPS) is 23.5. The van der Waals surface area contributed by atoms with Crippen molar-refractivity contribution in [3.8, 4) is 22.5 Å². The second kappa shape index (κ2) is 7.86. The van der Waals surface area contributed by atoms with E-state index in [0.717, 1.165) is 29.7 Å². The smallest absolute Gasteiger partial charge is 0.230 e. The maximum atomic E-state index is 13.4. The highest BCUT2D eigenvalue weighted by Crippen LogP contribution is 2.36. The highest BCUT2D eigenvalue weighted by Gasteiger charge is 2.42. The van der Waals surface area contributed by atoms with E-state index in [1.165, 1.54) is 12.1 Å². The minimum absolute atomic E-state index is 0.0441. The predicted octanol–water partition coefficient (Wildman–Crippen LogP) is 3.61. The summed E-state index contributed by atoms with van der Waals surface area (Å²) in [6.45, 7) is 2.30. The minimum Gasteiger partial charge on any atom is -0.353 e. The summed E-state index contributed by atoms with van der Waals surface area (Å²) < 4.78 is 25.3. The number of halogens is 1. The van der Waals surface area contributed by atoms with E-state index in [4.69, 9.17) is 14.5 Å². The van der Waals surface area contributed by atoms with Crippen molar-refractivity contribution in [3.05, 3.63) is 60.4 Å². The number of hydrogen-bond acceptors (Lipinski definition) is 5. The molecule has 5 rings (SSSR count). The van der Waals surface area contributed by atoms with Crippen molar-refractivity contribution in [2.75, 3.05) is 13.2 Å². The van der Waals surface area contributed by atoms with Gasteiger partial charge in [0.2, 0.25) is 12.2 Å². The van der Waals surface area contributed by atoms with Gasteiger partial charge in [0.05, 0.1) is 30.0 Å². The highest BCUT2D eigenvalue weighted by molar-refractivity contribution is 5.83. The van der Waals surface area contributed by atoms with Gasteiger partial charge in [0.25, 0.3) is 0 Å². The number of imidazole rings is 1. The summed E-state index contributed by atoms with van der Waals surface area (Å²) in [7, 11) is 0. The van der Waals surface area contributed by atoms with Gasteiger partial charge in [-0.25, -0.2) is 9.37 Å². The summed E-state index contributed by atoms with van der Waals surface area (Å²) in [5.74, 6) is 0.140. The van der Waals surface area contributed by atoms with Gasteiger partial charge in [-0.2, -0.15) is 0 Å². The van der Waals surface area contributed by atoms with Crippen LogP contribution in [-0.4, -0.2) is 40.1 Å². The maximum Gasteiger partial charge on any atom is 0.230 e. The van der Waals surface area contributed by atoms with E-state index in [0.29, 0.717) is 11.5 Å². The molecule has 7 nitrogen and oxygen atoms in total. The maximum absolute atomic E-state index is 13.4. The number of aromatic amines is 1. The van der Waals surface area contributed by atoms with Crippen LogP contribution in [0.1, 0.15) is 31.9 Å². The minimum atomic E-state index is -0.737. The van der Waals surface area contributed by atoms with Crippen LogP contribution >= 0.6 is 0 Å². The number of H-pyrrole nitrogens is 1. The van der Waals surface area contributed by atoms with Crippen LogP contribution < -0.4 is 5.32 Å². The summed E-state index contributed by atoms with van der Waals surface area (Å²) in [6.07, 6.45) is 4.73. The second-order valence-electron chi connectivity index (χ2n) is 8.35. The van der Waals surface area contributed by atoms with Crippen molar-refractivity contribution in [1.29, 1.82) is 0 Å². The summed E-state index contributed by atoms with van der Waals surface area (Å²) in [6, 6.07) is 10.2. The summed E-state index contributed by atoms with van der Waals surface area (Å²) in [5, 5.41) is 3.02. The summed E-state index contributed by atoms with van der Waals surface area (Å²) >= 11 is 0. The molecular weight excluding hydrogens is 399 g/mol. The Morgan fingerprint density at radius 1 is 1.10 bits per heavy atom. The third-order valence-corrected chi connectivity index (χ3v) is 5.60. The summed E-state index contributed by atoms with van der Waals surface area (Å²) in [4.78, 5) is 24.6. The Morgan fingerprint density at radius 3 is 2.42 bits per heavy atom. The van der Waals surface area contributed by atoms with E-state index in [9.17, 15) is 9.18 Å². The van der Waals surface area contributed by atoms with E-state index in [1.807, 2.05) is 19.1 Å². The number of carbonyl (C=O) groups excluding carboxylic acids is 1. The molecular formula is C23H23FN4O3. The van der Waals surface area contributed by atoms with Crippen molar-refractivity contribution in [2.24, 2.45) is 5.41 Å². The van der Waals surface area contributed by atoms with Crippen LogP contribution in [0.2, 0.25) is 0 Å². The molecule has 0 radical (unpaired) electrons. The second-order valence-corrected chi connectivity index (χ2v) is 8.35. The number of pyridine rings is 1. The van der Waals surface area contributed by atoms with Crippen LogP contribution in [0.5, 0.6) is 0 Å². The zero-order valence-corrected chi connectivity index (χ0v) is 17.1. The first-order chi connectivity index (χ1) is 15.0. The van der Waals surface area contributed by atoms with Crippen LogP contribution in [0.4, 0.5) is 4.39 Å². The third kappa shape index (κ3) is 4.08. The van der Waals surface area contributed by atoms with Crippen molar-refractivity contribution in [1.82, 2.24) is 20.3 Å². The zero-order valence-electron chi connectivity index (χ0n) is 17.1. The number of benzene rings is 1. The Kier molecular flexibility index (Phi) is 5.03. The molecule has 0 atom stereocenters. The molecule has 1 aliphatic heterocycles. The standard InChI is InChI=1S/C23H23FN4O3/c1-23(22(29)26-17-6-7-17)12-30-21(31-13-23)20-27-18(14-2-4-16(24)5-3-14)19(28-20)15-8-10-25-11-9-15/h2-5,8-11,17,21H,6-7,12-13H2,1H3,(H,26,29)(H,27,28). The molecule has 1 amide bonds. The Bertz CT molecular complexity index is 1070. The Balaban J connectivity index is 1.41. The first-order valence-electron chi connectivity index (χ1n) is 10.3. The average molecular weight is 422 g/mol. The van der Waals surface area contributed by atoms with Gasteiger partial charge >= 0.3 is 0 Å². The van der Waals surface area contributed by atoms with Gasteiger partial charge in [0.1, 0.15) is 5.82 Å². The van der Waals surface area contributed by atoms with Crippen LogP contribution in [0, 0.1) is 11.2 Å². The van der Waals surface area contributed by atoms with Crippen molar-refractivity contribution in [3.63, 3.8) is 0 Å². The Morgan fingerprint density at radius 2 is 1.77 bits per heavy atom. The lowest BCUT2D eigenvalue weighted by Gasteiger charge is -2.35. The number of aromatic nitrogens is 3. The van der Waals surface area contributed by atoms with Gasteiger partial charge < -0.3 is 19.8 Å². The molecule has 1 aliphatic carbocycles. The first-order valence-corrected chi connectivity index (χ1v) is 10.3. The van der Waals surface area contributed by atoms with Crippen molar-refractivity contribution in [2.45, 2.75) is 32.1 Å². The number of hydrogen-bond donors (Lipinski definition) is 2. The third-order valence-electron chi connectivity index (χ3n) is 5.60. The van der Waals surface area contributed by atoms with Crippen molar-refractivity contribution >= 4 is 5.91 Å². The van der Waals surface area contributed by atoms with Gasteiger partial charge in [0, 0.05) is 29.6 Å². The lowest BCUT2D eigenvalue weighted by Crippen LogP contribution is -2.49. The van der Waals surface area contributed by atoms with E-state index in [-0.39, 0.29) is 31.0 Å². The van der Waals surface area contributed by atoms with Crippen LogP contribution in [-0.2, 0) is 14.3 Å². The van der Waals surface area contributed by atoms with Crippen LogP contribution in [0.15, 0.2) is 48.8 Å². The largest absolute Gasteiger partial charge is 0.353 e. The molecule has 2 aromatic heterocycles. The molecule has 1 aromatic carbocycles. The number of nitrogens with zero attached hydrogens (tertiary/aromatic N) is 2. The number of carbonyl (C=O) groups is 1.